The monoisotopic (exact) mass is 320 g/mol. The average Bonchev–Trinajstić information content (AvgIpc) is 3.04. The van der Waals surface area contributed by atoms with Gasteiger partial charge in [-0.25, -0.2) is 0 Å². The minimum Gasteiger partial charge on any atom is -0.493 e. The Morgan fingerprint density at radius 1 is 1.22 bits per heavy atom. The van der Waals surface area contributed by atoms with Crippen molar-refractivity contribution < 1.29 is 23.5 Å². The van der Waals surface area contributed by atoms with Crippen LogP contribution >= 0.6 is 0 Å². The van der Waals surface area contributed by atoms with Crippen LogP contribution in [0.2, 0.25) is 0 Å². The molecule has 0 aliphatic rings. The van der Waals surface area contributed by atoms with Crippen molar-refractivity contribution in [2.45, 2.75) is 13.0 Å². The summed E-state index contributed by atoms with van der Waals surface area (Å²) in [7, 11) is 4.70. The van der Waals surface area contributed by atoms with Gasteiger partial charge in [0.15, 0.2) is 11.5 Å². The molecule has 2 aromatic rings. The number of nitrogens with one attached hydrogen (secondary N) is 1. The maximum absolute atomic E-state index is 12.1. The van der Waals surface area contributed by atoms with Crippen LogP contribution in [0.5, 0.6) is 11.5 Å². The molecule has 1 amide bonds. The van der Waals surface area contributed by atoms with Crippen molar-refractivity contribution in [2.75, 3.05) is 27.9 Å². The molecule has 23 heavy (non-hydrogen) atoms. The third-order valence-electron chi connectivity index (χ3n) is 3.21. The molecule has 1 N–H and O–H groups in total. The fourth-order valence-electron chi connectivity index (χ4n) is 2.10. The van der Waals surface area contributed by atoms with E-state index in [1.54, 1.807) is 39.5 Å². The van der Waals surface area contributed by atoms with Crippen molar-refractivity contribution in [1.82, 2.24) is 10.5 Å². The summed E-state index contributed by atoms with van der Waals surface area (Å²) >= 11 is 0. The van der Waals surface area contributed by atoms with E-state index in [1.807, 2.05) is 13.0 Å². The molecule has 0 spiro atoms. The van der Waals surface area contributed by atoms with Crippen LogP contribution in [0.3, 0.4) is 0 Å². The molecule has 0 aliphatic heterocycles. The highest BCUT2D eigenvalue weighted by Crippen LogP contribution is 2.31. The summed E-state index contributed by atoms with van der Waals surface area (Å²) in [6.07, 6.45) is 0. The molecule has 1 aromatic heterocycles. The minimum atomic E-state index is -0.339. The lowest BCUT2D eigenvalue weighted by atomic mass is 10.1. The first kappa shape index (κ1) is 16.8. The third-order valence-corrected chi connectivity index (χ3v) is 3.21. The number of rotatable bonds is 7. The number of amides is 1. The molecule has 0 fully saturated rings. The molecule has 1 atom stereocenters. The second kappa shape index (κ2) is 7.64. The van der Waals surface area contributed by atoms with E-state index in [2.05, 4.69) is 10.5 Å². The third kappa shape index (κ3) is 4.01. The molecule has 1 aromatic carbocycles. The zero-order chi connectivity index (χ0) is 16.8. The van der Waals surface area contributed by atoms with Gasteiger partial charge in [-0.1, -0.05) is 5.16 Å². The van der Waals surface area contributed by atoms with Crippen LogP contribution in [0.15, 0.2) is 28.8 Å². The van der Waals surface area contributed by atoms with Crippen LogP contribution < -0.4 is 14.8 Å². The number of carbonyl (C=O) groups excluding carboxylic acids is 1. The quantitative estimate of drug-likeness (QED) is 0.841. The average molecular weight is 320 g/mol. The Kier molecular flexibility index (Phi) is 5.59. The second-order valence-corrected chi connectivity index (χ2v) is 4.98. The number of hydrogen-bond donors (Lipinski definition) is 1. The smallest absolute Gasteiger partial charge is 0.290 e. The Bertz CT molecular complexity index is 668. The normalized spacial score (nSPS) is 11.8. The van der Waals surface area contributed by atoms with Gasteiger partial charge < -0.3 is 24.1 Å². The van der Waals surface area contributed by atoms with E-state index in [1.165, 1.54) is 0 Å². The predicted octanol–water partition coefficient (Wildman–Crippen LogP) is 2.12. The minimum absolute atomic E-state index is 0.123. The van der Waals surface area contributed by atoms with Crippen LogP contribution in [0.4, 0.5) is 0 Å². The number of nitrogens with zero attached hydrogens (tertiary/aromatic N) is 1. The topological polar surface area (TPSA) is 82.8 Å². The van der Waals surface area contributed by atoms with Crippen molar-refractivity contribution in [1.29, 1.82) is 0 Å². The molecule has 0 bridgehead atoms. The van der Waals surface area contributed by atoms with Crippen LogP contribution in [0, 0.1) is 0 Å². The van der Waals surface area contributed by atoms with Crippen LogP contribution in [-0.2, 0) is 4.74 Å². The zero-order valence-electron chi connectivity index (χ0n) is 13.6. The van der Waals surface area contributed by atoms with Gasteiger partial charge in [0.05, 0.1) is 20.8 Å². The molecule has 1 unspecified atom stereocenters. The Hall–Kier alpha value is -2.54. The lowest BCUT2D eigenvalue weighted by molar-refractivity contribution is 0.0869. The van der Waals surface area contributed by atoms with Crippen LogP contribution in [-0.4, -0.2) is 45.0 Å². The number of carbonyl (C=O) groups is 1. The first-order valence-electron chi connectivity index (χ1n) is 7.08. The van der Waals surface area contributed by atoms with Crippen molar-refractivity contribution in [3.8, 4) is 22.8 Å². The molecular weight excluding hydrogens is 300 g/mol. The first-order chi connectivity index (χ1) is 11.1. The molecule has 124 valence electrons. The summed E-state index contributed by atoms with van der Waals surface area (Å²) in [5.74, 6) is 0.991. The highest BCUT2D eigenvalue weighted by molar-refractivity contribution is 5.92. The summed E-state index contributed by atoms with van der Waals surface area (Å²) < 4.78 is 20.5. The summed E-state index contributed by atoms with van der Waals surface area (Å²) in [6, 6.07) is 6.81. The zero-order valence-corrected chi connectivity index (χ0v) is 13.6. The Morgan fingerprint density at radius 2 is 1.96 bits per heavy atom. The van der Waals surface area contributed by atoms with Gasteiger partial charge in [0.2, 0.25) is 5.76 Å². The first-order valence-corrected chi connectivity index (χ1v) is 7.08. The fourth-order valence-corrected chi connectivity index (χ4v) is 2.10. The Balaban J connectivity index is 2.17. The SMILES string of the molecule is COCC(C)NC(=O)c1cc(-c2ccc(OC)c(OC)c2)no1. The van der Waals surface area contributed by atoms with Gasteiger partial charge in [-0.15, -0.1) is 0 Å². The summed E-state index contributed by atoms with van der Waals surface area (Å²) in [4.78, 5) is 12.1. The van der Waals surface area contributed by atoms with Gasteiger partial charge in [0, 0.05) is 24.8 Å². The van der Waals surface area contributed by atoms with E-state index in [0.717, 1.165) is 5.56 Å². The lowest BCUT2D eigenvalue weighted by Gasteiger charge is -2.10. The van der Waals surface area contributed by atoms with E-state index in [0.29, 0.717) is 23.8 Å². The van der Waals surface area contributed by atoms with Gasteiger partial charge >= 0.3 is 0 Å². The van der Waals surface area contributed by atoms with E-state index in [4.69, 9.17) is 18.7 Å². The number of benzene rings is 1. The number of methoxy groups -OCH3 is 3. The highest BCUT2D eigenvalue weighted by Gasteiger charge is 2.17. The lowest BCUT2D eigenvalue weighted by Crippen LogP contribution is -2.35. The Labute approximate surface area is 134 Å². The molecule has 0 saturated heterocycles. The van der Waals surface area contributed by atoms with Gasteiger partial charge in [-0.05, 0) is 25.1 Å². The summed E-state index contributed by atoms with van der Waals surface area (Å²) in [5.41, 5.74) is 1.30. The van der Waals surface area contributed by atoms with Crippen LogP contribution in [0.1, 0.15) is 17.5 Å². The van der Waals surface area contributed by atoms with E-state index < -0.39 is 0 Å². The van der Waals surface area contributed by atoms with Gasteiger partial charge in [-0.2, -0.15) is 0 Å². The van der Waals surface area contributed by atoms with E-state index >= 15 is 0 Å². The molecule has 7 nitrogen and oxygen atoms in total. The van der Waals surface area contributed by atoms with Crippen molar-refractivity contribution >= 4 is 5.91 Å². The molecule has 0 aliphatic carbocycles. The van der Waals surface area contributed by atoms with E-state index in [-0.39, 0.29) is 17.7 Å². The molecule has 7 heteroatoms. The van der Waals surface area contributed by atoms with Crippen molar-refractivity contribution in [2.24, 2.45) is 0 Å². The maximum Gasteiger partial charge on any atom is 0.290 e. The van der Waals surface area contributed by atoms with E-state index in [9.17, 15) is 4.79 Å². The van der Waals surface area contributed by atoms with Gasteiger partial charge in [0.25, 0.3) is 5.91 Å². The van der Waals surface area contributed by atoms with Gasteiger partial charge in [-0.3, -0.25) is 4.79 Å². The molecule has 2 rings (SSSR count). The largest absolute Gasteiger partial charge is 0.493 e. The van der Waals surface area contributed by atoms with Crippen molar-refractivity contribution in [3.05, 3.63) is 30.0 Å². The number of ether oxygens (including phenoxy) is 3. The highest BCUT2D eigenvalue weighted by atomic mass is 16.5. The molecule has 0 radical (unpaired) electrons. The summed E-state index contributed by atoms with van der Waals surface area (Å²) in [6.45, 7) is 2.26. The maximum atomic E-state index is 12.1. The standard InChI is InChI=1S/C16H20N2O5/c1-10(9-20-2)17-16(19)15-8-12(18-23-15)11-5-6-13(21-3)14(7-11)22-4/h5-8,10H,9H2,1-4H3,(H,17,19). The van der Waals surface area contributed by atoms with Crippen LogP contribution in [0.25, 0.3) is 11.3 Å². The second-order valence-electron chi connectivity index (χ2n) is 4.98. The number of hydrogen-bond acceptors (Lipinski definition) is 6. The predicted molar refractivity (Wildman–Crippen MR) is 83.8 cm³/mol. The fraction of sp³-hybridized carbons (Fsp3) is 0.375. The number of aromatic nitrogens is 1. The summed E-state index contributed by atoms with van der Waals surface area (Å²) in [5, 5.41) is 6.69. The molecule has 0 saturated carbocycles. The molecule has 1 heterocycles. The van der Waals surface area contributed by atoms with Gasteiger partial charge in [0.1, 0.15) is 5.69 Å². The Morgan fingerprint density at radius 3 is 2.61 bits per heavy atom. The molecular formula is C16H20N2O5. The van der Waals surface area contributed by atoms with Crippen molar-refractivity contribution in [3.63, 3.8) is 0 Å².